The molecule has 0 spiro atoms. The molecule has 3 rings (SSSR count). The zero-order valence-corrected chi connectivity index (χ0v) is 16.0. The van der Waals surface area contributed by atoms with E-state index >= 15 is 0 Å². The van der Waals surface area contributed by atoms with E-state index in [2.05, 4.69) is 4.90 Å². The Morgan fingerprint density at radius 2 is 2.00 bits per heavy atom. The molecule has 1 aromatic carbocycles. The summed E-state index contributed by atoms with van der Waals surface area (Å²) in [5, 5.41) is 9.49. The number of carboxylic acid groups (broad SMARTS) is 1. The first-order valence-corrected chi connectivity index (χ1v) is 9.15. The van der Waals surface area contributed by atoms with Gasteiger partial charge in [-0.05, 0) is 56.1 Å². The largest absolute Gasteiger partial charge is 0.493 e. The number of hydrogen-bond donors (Lipinski definition) is 1. The summed E-state index contributed by atoms with van der Waals surface area (Å²) in [5.74, 6) is 0.230. The van der Waals surface area contributed by atoms with Gasteiger partial charge in [-0.15, -0.1) is 0 Å². The van der Waals surface area contributed by atoms with Gasteiger partial charge in [0.05, 0.1) is 31.9 Å². The van der Waals surface area contributed by atoms with Crippen molar-refractivity contribution >= 4 is 5.97 Å². The number of hydrogen-bond acceptors (Lipinski definition) is 5. The third-order valence-electron chi connectivity index (χ3n) is 5.08. The summed E-state index contributed by atoms with van der Waals surface area (Å²) in [6, 6.07) is 11.7. The number of carbonyl (C=O) groups is 1. The summed E-state index contributed by atoms with van der Waals surface area (Å²) in [6.07, 6.45) is 1.57. The Morgan fingerprint density at radius 1 is 1.22 bits per heavy atom. The molecule has 6 nitrogen and oxygen atoms in total. The molecule has 0 saturated carbocycles. The fourth-order valence-electron chi connectivity index (χ4n) is 3.75. The number of carboxylic acids is 1. The van der Waals surface area contributed by atoms with Crippen molar-refractivity contribution in [1.82, 2.24) is 9.88 Å². The van der Waals surface area contributed by atoms with Gasteiger partial charge >= 0.3 is 5.97 Å². The lowest BCUT2D eigenvalue weighted by Gasteiger charge is -2.37. The van der Waals surface area contributed by atoms with Crippen LogP contribution in [-0.2, 0) is 4.79 Å². The van der Waals surface area contributed by atoms with Crippen molar-refractivity contribution in [3.63, 3.8) is 0 Å². The van der Waals surface area contributed by atoms with Gasteiger partial charge in [0.15, 0.2) is 11.5 Å². The van der Waals surface area contributed by atoms with Crippen LogP contribution in [0.5, 0.6) is 11.5 Å². The van der Waals surface area contributed by atoms with Crippen LogP contribution in [-0.4, -0.2) is 48.3 Å². The number of ether oxygens (including phenoxy) is 2. The molecule has 1 saturated heterocycles. The number of likely N-dealkylation sites (tertiary alicyclic amines) is 1. The van der Waals surface area contributed by atoms with Crippen molar-refractivity contribution in [1.29, 1.82) is 0 Å². The molecule has 1 aliphatic rings. The molecule has 27 heavy (non-hydrogen) atoms. The standard InChI is InChI=1S/C21H26N2O4/c1-14-6-4-8-17(22-14)20(23-11-5-7-16(13-23)21(24)25)15-9-10-18(26-2)19(12-15)27-3/h4,6,8-10,12,16,20H,5,7,11,13H2,1-3H3,(H,24,25). The van der Waals surface area contributed by atoms with E-state index in [0.29, 0.717) is 24.5 Å². The molecule has 2 unspecified atom stereocenters. The van der Waals surface area contributed by atoms with E-state index in [0.717, 1.165) is 29.9 Å². The molecule has 1 N–H and O–H groups in total. The van der Waals surface area contributed by atoms with Crippen LogP contribution in [0, 0.1) is 12.8 Å². The second-order valence-corrected chi connectivity index (χ2v) is 6.89. The fourth-order valence-corrected chi connectivity index (χ4v) is 3.75. The molecule has 0 amide bonds. The minimum atomic E-state index is -0.733. The molecule has 0 bridgehead atoms. The lowest BCUT2D eigenvalue weighted by Crippen LogP contribution is -2.41. The molecular formula is C21H26N2O4. The van der Waals surface area contributed by atoms with E-state index in [1.54, 1.807) is 14.2 Å². The molecule has 2 aromatic rings. The Hall–Kier alpha value is -2.60. The normalized spacial score (nSPS) is 18.7. The van der Waals surface area contributed by atoms with Crippen molar-refractivity contribution in [2.24, 2.45) is 5.92 Å². The molecule has 2 heterocycles. The number of benzene rings is 1. The zero-order valence-electron chi connectivity index (χ0n) is 16.0. The molecule has 1 fully saturated rings. The van der Waals surface area contributed by atoms with Crippen LogP contribution in [0.15, 0.2) is 36.4 Å². The van der Waals surface area contributed by atoms with E-state index in [-0.39, 0.29) is 12.0 Å². The molecule has 144 valence electrons. The first-order valence-electron chi connectivity index (χ1n) is 9.15. The van der Waals surface area contributed by atoms with Crippen LogP contribution >= 0.6 is 0 Å². The highest BCUT2D eigenvalue weighted by Crippen LogP contribution is 2.36. The lowest BCUT2D eigenvalue weighted by molar-refractivity contribution is -0.143. The number of aryl methyl sites for hydroxylation is 1. The van der Waals surface area contributed by atoms with Gasteiger partial charge in [0, 0.05) is 12.2 Å². The van der Waals surface area contributed by atoms with Crippen molar-refractivity contribution in [3.05, 3.63) is 53.3 Å². The minimum Gasteiger partial charge on any atom is -0.493 e. The molecule has 1 aromatic heterocycles. The summed E-state index contributed by atoms with van der Waals surface area (Å²) in [4.78, 5) is 18.5. The highest BCUT2D eigenvalue weighted by atomic mass is 16.5. The second-order valence-electron chi connectivity index (χ2n) is 6.89. The minimum absolute atomic E-state index is 0.133. The topological polar surface area (TPSA) is 71.9 Å². The smallest absolute Gasteiger partial charge is 0.307 e. The Labute approximate surface area is 159 Å². The van der Waals surface area contributed by atoms with Gasteiger partial charge in [-0.25, -0.2) is 0 Å². The maximum atomic E-state index is 11.6. The molecular weight excluding hydrogens is 344 g/mol. The van der Waals surface area contributed by atoms with Gasteiger partial charge in [-0.2, -0.15) is 0 Å². The van der Waals surface area contributed by atoms with Crippen LogP contribution in [0.4, 0.5) is 0 Å². The Bertz CT molecular complexity index is 809. The number of piperidine rings is 1. The fraction of sp³-hybridized carbons (Fsp3) is 0.429. The van der Waals surface area contributed by atoms with E-state index in [1.807, 2.05) is 43.3 Å². The average molecular weight is 370 g/mol. The van der Waals surface area contributed by atoms with Crippen LogP contribution in [0.2, 0.25) is 0 Å². The maximum absolute atomic E-state index is 11.6. The van der Waals surface area contributed by atoms with Crippen molar-refractivity contribution in [3.8, 4) is 11.5 Å². The van der Waals surface area contributed by atoms with Crippen molar-refractivity contribution in [2.45, 2.75) is 25.8 Å². The van der Waals surface area contributed by atoms with E-state index in [4.69, 9.17) is 14.5 Å². The monoisotopic (exact) mass is 370 g/mol. The van der Waals surface area contributed by atoms with Crippen molar-refractivity contribution in [2.75, 3.05) is 27.3 Å². The number of aliphatic carboxylic acids is 1. The van der Waals surface area contributed by atoms with Gasteiger partial charge in [-0.1, -0.05) is 12.1 Å². The first kappa shape index (κ1) is 19.2. The number of rotatable bonds is 6. The third-order valence-corrected chi connectivity index (χ3v) is 5.08. The number of aromatic nitrogens is 1. The van der Waals surface area contributed by atoms with Crippen LogP contribution in [0.3, 0.4) is 0 Å². The van der Waals surface area contributed by atoms with Crippen LogP contribution in [0.1, 0.15) is 35.8 Å². The van der Waals surface area contributed by atoms with Gasteiger partial charge < -0.3 is 14.6 Å². The van der Waals surface area contributed by atoms with Gasteiger partial charge in [0.2, 0.25) is 0 Å². The van der Waals surface area contributed by atoms with Gasteiger partial charge in [0.1, 0.15) is 0 Å². The van der Waals surface area contributed by atoms with E-state index in [1.165, 1.54) is 0 Å². The van der Waals surface area contributed by atoms with Crippen LogP contribution in [0.25, 0.3) is 0 Å². The van der Waals surface area contributed by atoms with Gasteiger partial charge in [0.25, 0.3) is 0 Å². The predicted molar refractivity (Wildman–Crippen MR) is 102 cm³/mol. The molecule has 0 aliphatic carbocycles. The Kier molecular flexibility index (Phi) is 5.96. The highest BCUT2D eigenvalue weighted by molar-refractivity contribution is 5.70. The second kappa shape index (κ2) is 8.39. The number of pyridine rings is 1. The third kappa shape index (κ3) is 4.22. The summed E-state index contributed by atoms with van der Waals surface area (Å²) < 4.78 is 10.8. The number of nitrogens with zero attached hydrogens (tertiary/aromatic N) is 2. The molecule has 1 aliphatic heterocycles. The SMILES string of the molecule is COc1ccc(C(c2cccc(C)n2)N2CCCC(C(=O)O)C2)cc1OC. The van der Waals surface area contributed by atoms with E-state index < -0.39 is 5.97 Å². The Morgan fingerprint density at radius 3 is 2.67 bits per heavy atom. The van der Waals surface area contributed by atoms with Crippen molar-refractivity contribution < 1.29 is 19.4 Å². The quantitative estimate of drug-likeness (QED) is 0.841. The zero-order chi connectivity index (χ0) is 19.4. The van der Waals surface area contributed by atoms with E-state index in [9.17, 15) is 9.90 Å². The summed E-state index contributed by atoms with van der Waals surface area (Å²) in [7, 11) is 3.22. The number of methoxy groups -OCH3 is 2. The molecule has 6 heteroatoms. The molecule has 0 radical (unpaired) electrons. The Balaban J connectivity index is 2.04. The summed E-state index contributed by atoms with van der Waals surface area (Å²) in [5.41, 5.74) is 2.86. The predicted octanol–water partition coefficient (Wildman–Crippen LogP) is 3.29. The molecule has 2 atom stereocenters. The first-order chi connectivity index (χ1) is 13.0. The summed E-state index contributed by atoms with van der Waals surface area (Å²) >= 11 is 0. The van der Waals surface area contributed by atoms with Crippen LogP contribution < -0.4 is 9.47 Å². The maximum Gasteiger partial charge on any atom is 0.307 e. The lowest BCUT2D eigenvalue weighted by atomic mass is 9.93. The van der Waals surface area contributed by atoms with Gasteiger partial charge in [-0.3, -0.25) is 14.7 Å². The summed E-state index contributed by atoms with van der Waals surface area (Å²) in [6.45, 7) is 3.30. The average Bonchev–Trinajstić information content (AvgIpc) is 2.68. The highest BCUT2D eigenvalue weighted by Gasteiger charge is 2.32.